The molecule has 29 heavy (non-hydrogen) atoms. The van der Waals surface area contributed by atoms with Gasteiger partial charge in [0.15, 0.2) is 4.80 Å². The number of carbonyl (C=O) groups is 2. The normalized spacial score (nSPS) is 11.5. The predicted molar refractivity (Wildman–Crippen MR) is 111 cm³/mol. The Labute approximate surface area is 172 Å². The van der Waals surface area contributed by atoms with E-state index in [9.17, 15) is 9.59 Å². The Kier molecular flexibility index (Phi) is 6.33. The van der Waals surface area contributed by atoms with Crippen molar-refractivity contribution in [3.05, 3.63) is 52.3 Å². The van der Waals surface area contributed by atoms with Crippen LogP contribution in [-0.2, 0) is 16.1 Å². The molecule has 0 N–H and O–H groups in total. The minimum atomic E-state index is -0.466. The van der Waals surface area contributed by atoms with E-state index in [0.29, 0.717) is 21.9 Å². The van der Waals surface area contributed by atoms with Gasteiger partial charge in [-0.05, 0) is 37.6 Å². The Morgan fingerprint density at radius 3 is 2.62 bits per heavy atom. The molecule has 0 aliphatic heterocycles. The Balaban J connectivity index is 2.13. The van der Waals surface area contributed by atoms with E-state index in [4.69, 9.17) is 14.2 Å². The molecule has 0 atom stereocenters. The van der Waals surface area contributed by atoms with Gasteiger partial charge in [-0.3, -0.25) is 9.59 Å². The summed E-state index contributed by atoms with van der Waals surface area (Å²) in [6.07, 6.45) is 0. The maximum atomic E-state index is 12.9. The molecule has 0 unspecified atom stereocenters. The van der Waals surface area contributed by atoms with E-state index in [1.807, 2.05) is 25.1 Å². The summed E-state index contributed by atoms with van der Waals surface area (Å²) in [5, 5.41) is 0. The van der Waals surface area contributed by atoms with Crippen LogP contribution in [-0.4, -0.2) is 37.3 Å². The van der Waals surface area contributed by atoms with Crippen molar-refractivity contribution in [1.82, 2.24) is 4.57 Å². The van der Waals surface area contributed by atoms with Crippen molar-refractivity contribution in [1.29, 1.82) is 0 Å². The lowest BCUT2D eigenvalue weighted by Crippen LogP contribution is -2.23. The average Bonchev–Trinajstić information content (AvgIpc) is 3.05. The zero-order valence-electron chi connectivity index (χ0n) is 16.7. The van der Waals surface area contributed by atoms with Gasteiger partial charge in [0.05, 0.1) is 36.6 Å². The highest BCUT2D eigenvalue weighted by molar-refractivity contribution is 7.16. The van der Waals surface area contributed by atoms with Crippen LogP contribution in [0.2, 0.25) is 0 Å². The molecule has 0 radical (unpaired) electrons. The first-order valence-electron chi connectivity index (χ1n) is 9.04. The molecule has 1 amide bonds. The second-order valence-corrected chi connectivity index (χ2v) is 7.19. The van der Waals surface area contributed by atoms with Crippen LogP contribution < -0.4 is 14.3 Å². The second kappa shape index (κ2) is 8.91. The van der Waals surface area contributed by atoms with Crippen LogP contribution in [0.15, 0.2) is 41.4 Å². The average molecular weight is 414 g/mol. The second-order valence-electron chi connectivity index (χ2n) is 6.18. The van der Waals surface area contributed by atoms with E-state index in [0.717, 1.165) is 15.8 Å². The van der Waals surface area contributed by atoms with Gasteiger partial charge in [-0.1, -0.05) is 23.5 Å². The molecule has 0 saturated heterocycles. The number of hydrogen-bond acceptors (Lipinski definition) is 6. The van der Waals surface area contributed by atoms with Gasteiger partial charge in [-0.2, -0.15) is 4.99 Å². The van der Waals surface area contributed by atoms with E-state index < -0.39 is 5.91 Å². The van der Waals surface area contributed by atoms with Gasteiger partial charge in [0.25, 0.3) is 5.91 Å². The molecular formula is C21H22N2O5S. The minimum Gasteiger partial charge on any atom is -0.497 e. The number of hydrogen-bond donors (Lipinski definition) is 0. The molecule has 0 saturated carbocycles. The summed E-state index contributed by atoms with van der Waals surface area (Å²) in [4.78, 5) is 29.8. The molecule has 1 heterocycles. The SMILES string of the molecule is CCOC(=O)Cn1c(=NC(=O)c2ccc(OC)cc2OC)sc2cccc(C)c21. The Bertz CT molecular complexity index is 1130. The zero-order chi connectivity index (χ0) is 21.0. The summed E-state index contributed by atoms with van der Waals surface area (Å²) >= 11 is 1.34. The number of esters is 1. The van der Waals surface area contributed by atoms with Crippen LogP contribution in [0, 0.1) is 6.92 Å². The van der Waals surface area contributed by atoms with Crippen molar-refractivity contribution in [2.24, 2.45) is 4.99 Å². The molecule has 0 aliphatic carbocycles. The van der Waals surface area contributed by atoms with E-state index >= 15 is 0 Å². The molecule has 7 nitrogen and oxygen atoms in total. The number of ether oxygens (including phenoxy) is 3. The number of thiazole rings is 1. The summed E-state index contributed by atoms with van der Waals surface area (Å²) in [5.41, 5.74) is 2.16. The van der Waals surface area contributed by atoms with E-state index in [2.05, 4.69) is 4.99 Å². The van der Waals surface area contributed by atoms with Gasteiger partial charge in [0, 0.05) is 6.07 Å². The van der Waals surface area contributed by atoms with Crippen LogP contribution in [0.4, 0.5) is 0 Å². The highest BCUT2D eigenvalue weighted by Gasteiger charge is 2.16. The van der Waals surface area contributed by atoms with Crippen molar-refractivity contribution in [2.45, 2.75) is 20.4 Å². The largest absolute Gasteiger partial charge is 0.497 e. The minimum absolute atomic E-state index is 0.0233. The number of benzene rings is 2. The quantitative estimate of drug-likeness (QED) is 0.578. The van der Waals surface area contributed by atoms with Gasteiger partial charge >= 0.3 is 5.97 Å². The van der Waals surface area contributed by atoms with E-state index in [1.165, 1.54) is 18.4 Å². The third kappa shape index (κ3) is 4.32. The molecule has 2 aromatic carbocycles. The Morgan fingerprint density at radius 2 is 1.93 bits per heavy atom. The molecular weight excluding hydrogens is 392 g/mol. The van der Waals surface area contributed by atoms with Crippen LogP contribution in [0.25, 0.3) is 10.2 Å². The fraction of sp³-hybridized carbons (Fsp3) is 0.286. The lowest BCUT2D eigenvalue weighted by molar-refractivity contribution is -0.143. The number of aryl methyl sites for hydroxylation is 1. The summed E-state index contributed by atoms with van der Waals surface area (Å²) < 4.78 is 18.2. The topological polar surface area (TPSA) is 79.1 Å². The van der Waals surface area contributed by atoms with Crippen LogP contribution in [0.1, 0.15) is 22.8 Å². The van der Waals surface area contributed by atoms with Gasteiger partial charge in [0.2, 0.25) is 0 Å². The van der Waals surface area contributed by atoms with Gasteiger partial charge in [0.1, 0.15) is 18.0 Å². The third-order valence-corrected chi connectivity index (χ3v) is 5.38. The maximum Gasteiger partial charge on any atom is 0.326 e. The number of aromatic nitrogens is 1. The number of rotatable bonds is 6. The first kappa shape index (κ1) is 20.6. The lowest BCUT2D eigenvalue weighted by Gasteiger charge is -2.08. The first-order valence-corrected chi connectivity index (χ1v) is 9.85. The number of methoxy groups -OCH3 is 2. The third-order valence-electron chi connectivity index (χ3n) is 4.33. The fourth-order valence-electron chi connectivity index (χ4n) is 3.00. The molecule has 8 heteroatoms. The van der Waals surface area contributed by atoms with Crippen molar-refractivity contribution < 1.29 is 23.8 Å². The number of para-hydroxylation sites is 1. The Hall–Kier alpha value is -3.13. The number of nitrogens with zero attached hydrogens (tertiary/aromatic N) is 2. The summed E-state index contributed by atoms with van der Waals surface area (Å²) in [6.45, 7) is 3.97. The smallest absolute Gasteiger partial charge is 0.326 e. The molecule has 0 spiro atoms. The van der Waals surface area contributed by atoms with E-state index in [1.54, 1.807) is 36.8 Å². The Morgan fingerprint density at radius 1 is 1.14 bits per heavy atom. The van der Waals surface area contributed by atoms with E-state index in [-0.39, 0.29) is 19.1 Å². The van der Waals surface area contributed by atoms with Gasteiger partial charge in [-0.15, -0.1) is 0 Å². The number of fused-ring (bicyclic) bond motifs is 1. The molecule has 3 rings (SSSR count). The van der Waals surface area contributed by atoms with Crippen molar-refractivity contribution >= 4 is 33.4 Å². The van der Waals surface area contributed by atoms with Crippen molar-refractivity contribution in [3.8, 4) is 11.5 Å². The number of amides is 1. The van der Waals surface area contributed by atoms with Crippen LogP contribution in [0.5, 0.6) is 11.5 Å². The maximum absolute atomic E-state index is 12.9. The summed E-state index contributed by atoms with van der Waals surface area (Å²) in [6, 6.07) is 10.7. The molecule has 0 aliphatic rings. The molecule has 152 valence electrons. The molecule has 3 aromatic rings. The lowest BCUT2D eigenvalue weighted by atomic mass is 10.2. The first-order chi connectivity index (χ1) is 14.0. The number of carbonyl (C=O) groups excluding carboxylic acids is 2. The summed E-state index contributed by atoms with van der Waals surface area (Å²) in [5.74, 6) is 0.0956. The molecule has 1 aromatic heterocycles. The highest BCUT2D eigenvalue weighted by atomic mass is 32.1. The highest BCUT2D eigenvalue weighted by Crippen LogP contribution is 2.26. The zero-order valence-corrected chi connectivity index (χ0v) is 17.5. The van der Waals surface area contributed by atoms with Crippen LogP contribution >= 0.6 is 11.3 Å². The standard InChI is InChI=1S/C21H22N2O5S/c1-5-28-18(24)12-23-19-13(2)7-6-8-17(19)29-21(23)22-20(25)15-10-9-14(26-3)11-16(15)27-4/h6-11H,5,12H2,1-4H3. The predicted octanol–water partition coefficient (Wildman–Crippen LogP) is 3.33. The van der Waals surface area contributed by atoms with Crippen molar-refractivity contribution in [2.75, 3.05) is 20.8 Å². The van der Waals surface area contributed by atoms with Gasteiger partial charge in [-0.25, -0.2) is 0 Å². The summed E-state index contributed by atoms with van der Waals surface area (Å²) in [7, 11) is 3.02. The molecule has 0 bridgehead atoms. The fourth-order valence-corrected chi connectivity index (χ4v) is 4.10. The molecule has 0 fully saturated rings. The van der Waals surface area contributed by atoms with Gasteiger partial charge < -0.3 is 18.8 Å². The van der Waals surface area contributed by atoms with Crippen molar-refractivity contribution in [3.63, 3.8) is 0 Å². The van der Waals surface area contributed by atoms with Crippen LogP contribution in [0.3, 0.4) is 0 Å². The monoisotopic (exact) mass is 414 g/mol.